The summed E-state index contributed by atoms with van der Waals surface area (Å²) in [6.45, 7) is 8.79. The van der Waals surface area contributed by atoms with Gasteiger partial charge < -0.3 is 9.42 Å². The van der Waals surface area contributed by atoms with Gasteiger partial charge in [-0.1, -0.05) is 5.16 Å². The Kier molecular flexibility index (Phi) is 3.45. The van der Waals surface area contributed by atoms with Gasteiger partial charge in [0.15, 0.2) is 0 Å². The van der Waals surface area contributed by atoms with E-state index in [2.05, 4.69) is 30.1 Å². The zero-order chi connectivity index (χ0) is 15.8. The van der Waals surface area contributed by atoms with E-state index in [9.17, 15) is 0 Å². The van der Waals surface area contributed by atoms with Crippen LogP contribution < -0.4 is 4.90 Å². The van der Waals surface area contributed by atoms with Crippen molar-refractivity contribution in [2.45, 2.75) is 20.4 Å². The molecule has 1 aliphatic heterocycles. The molecular formula is C15H19N7O. The van der Waals surface area contributed by atoms with Crippen molar-refractivity contribution in [3.05, 3.63) is 35.6 Å². The first-order valence-corrected chi connectivity index (χ1v) is 7.76. The van der Waals surface area contributed by atoms with Crippen LogP contribution >= 0.6 is 0 Å². The Morgan fingerprint density at radius 2 is 2.00 bits per heavy atom. The molecular weight excluding hydrogens is 294 g/mol. The van der Waals surface area contributed by atoms with Crippen molar-refractivity contribution in [2.24, 2.45) is 0 Å². The van der Waals surface area contributed by atoms with Gasteiger partial charge in [-0.25, -0.2) is 4.98 Å². The van der Waals surface area contributed by atoms with Crippen molar-refractivity contribution in [3.63, 3.8) is 0 Å². The van der Waals surface area contributed by atoms with Crippen LogP contribution in [-0.2, 0) is 6.54 Å². The first kappa shape index (κ1) is 14.1. The van der Waals surface area contributed by atoms with E-state index in [-0.39, 0.29) is 0 Å². The molecule has 0 spiro atoms. The van der Waals surface area contributed by atoms with Gasteiger partial charge in [-0.2, -0.15) is 0 Å². The fourth-order valence-corrected chi connectivity index (χ4v) is 3.07. The number of aromatic nitrogens is 5. The second-order valence-electron chi connectivity index (χ2n) is 5.87. The number of fused-ring (bicyclic) bond motifs is 1. The molecule has 23 heavy (non-hydrogen) atoms. The van der Waals surface area contributed by atoms with Crippen LogP contribution in [-0.4, -0.2) is 55.8 Å². The number of piperazine rings is 1. The lowest BCUT2D eigenvalue weighted by atomic mass is 10.2. The quantitative estimate of drug-likeness (QED) is 0.715. The lowest BCUT2D eigenvalue weighted by Gasteiger charge is -2.35. The fraction of sp³-hybridized carbons (Fsp3) is 0.467. The van der Waals surface area contributed by atoms with Crippen LogP contribution in [0.3, 0.4) is 0 Å². The molecule has 0 unspecified atom stereocenters. The van der Waals surface area contributed by atoms with E-state index in [4.69, 9.17) is 4.52 Å². The minimum Gasteiger partial charge on any atom is -0.361 e. The number of anilines is 1. The minimum absolute atomic E-state index is 0.639. The maximum Gasteiger partial charge on any atom is 0.256 e. The summed E-state index contributed by atoms with van der Waals surface area (Å²) in [5.74, 6) is 2.66. The SMILES string of the molecule is Cc1noc(C)c1CN1CCN(c2ccnc3nncn23)CC1. The molecule has 120 valence electrons. The summed E-state index contributed by atoms with van der Waals surface area (Å²) in [6.07, 6.45) is 3.50. The summed E-state index contributed by atoms with van der Waals surface area (Å²) < 4.78 is 7.19. The molecule has 4 heterocycles. The van der Waals surface area contributed by atoms with Gasteiger partial charge in [-0.3, -0.25) is 9.30 Å². The standard InChI is InChI=1S/C15H19N7O/c1-11-13(12(2)23-19-11)9-20-5-7-21(8-6-20)14-3-4-16-15-18-17-10-22(14)15/h3-4,10H,5-9H2,1-2H3. The second-order valence-corrected chi connectivity index (χ2v) is 5.87. The molecule has 1 saturated heterocycles. The normalized spacial score (nSPS) is 16.3. The van der Waals surface area contributed by atoms with Crippen LogP contribution in [0, 0.1) is 13.8 Å². The van der Waals surface area contributed by atoms with Gasteiger partial charge in [-0.05, 0) is 19.9 Å². The molecule has 0 bridgehead atoms. The van der Waals surface area contributed by atoms with Crippen LogP contribution in [0.4, 0.5) is 5.82 Å². The highest BCUT2D eigenvalue weighted by Crippen LogP contribution is 2.19. The van der Waals surface area contributed by atoms with Gasteiger partial charge in [0.1, 0.15) is 17.9 Å². The van der Waals surface area contributed by atoms with E-state index in [1.165, 1.54) is 5.56 Å². The zero-order valence-electron chi connectivity index (χ0n) is 13.3. The highest BCUT2D eigenvalue weighted by Gasteiger charge is 2.21. The average molecular weight is 313 g/mol. The van der Waals surface area contributed by atoms with Crippen molar-refractivity contribution in [1.29, 1.82) is 0 Å². The van der Waals surface area contributed by atoms with Gasteiger partial charge in [0.05, 0.1) is 5.69 Å². The van der Waals surface area contributed by atoms with Crippen LogP contribution in [0.5, 0.6) is 0 Å². The molecule has 8 nitrogen and oxygen atoms in total. The number of aryl methyl sites for hydroxylation is 2. The van der Waals surface area contributed by atoms with E-state index in [0.29, 0.717) is 5.78 Å². The molecule has 4 rings (SSSR count). The third-order valence-electron chi connectivity index (χ3n) is 4.45. The summed E-state index contributed by atoms with van der Waals surface area (Å²) in [5, 5.41) is 12.0. The molecule has 0 radical (unpaired) electrons. The summed E-state index contributed by atoms with van der Waals surface area (Å²) in [7, 11) is 0. The van der Waals surface area contributed by atoms with Crippen molar-refractivity contribution < 1.29 is 4.52 Å². The summed E-state index contributed by atoms with van der Waals surface area (Å²) in [5.41, 5.74) is 2.20. The Balaban J connectivity index is 1.46. The molecule has 0 aromatic carbocycles. The average Bonchev–Trinajstić information content (AvgIpc) is 3.17. The van der Waals surface area contributed by atoms with E-state index in [0.717, 1.165) is 50.0 Å². The van der Waals surface area contributed by atoms with Crippen molar-refractivity contribution >= 4 is 11.6 Å². The van der Waals surface area contributed by atoms with Crippen molar-refractivity contribution in [2.75, 3.05) is 31.1 Å². The molecule has 8 heteroatoms. The highest BCUT2D eigenvalue weighted by molar-refractivity contribution is 5.46. The van der Waals surface area contributed by atoms with Crippen LogP contribution in [0.25, 0.3) is 5.78 Å². The van der Waals surface area contributed by atoms with Gasteiger partial charge in [0.2, 0.25) is 0 Å². The second kappa shape index (κ2) is 5.62. The number of rotatable bonds is 3. The van der Waals surface area contributed by atoms with E-state index >= 15 is 0 Å². The van der Waals surface area contributed by atoms with Gasteiger partial charge >= 0.3 is 0 Å². The lowest BCUT2D eigenvalue weighted by molar-refractivity contribution is 0.247. The maximum absolute atomic E-state index is 5.26. The van der Waals surface area contributed by atoms with Crippen LogP contribution in [0.1, 0.15) is 17.0 Å². The van der Waals surface area contributed by atoms with Crippen molar-refractivity contribution in [3.8, 4) is 0 Å². The Morgan fingerprint density at radius 3 is 2.74 bits per heavy atom. The predicted molar refractivity (Wildman–Crippen MR) is 84.2 cm³/mol. The molecule has 0 N–H and O–H groups in total. The van der Waals surface area contributed by atoms with E-state index in [1.54, 1.807) is 12.5 Å². The molecule has 0 saturated carbocycles. The molecule has 3 aromatic rings. The van der Waals surface area contributed by atoms with E-state index < -0.39 is 0 Å². The third-order valence-corrected chi connectivity index (χ3v) is 4.45. The first-order valence-electron chi connectivity index (χ1n) is 7.76. The number of nitrogens with zero attached hydrogens (tertiary/aromatic N) is 7. The first-order chi connectivity index (χ1) is 11.2. The minimum atomic E-state index is 0.639. The molecule has 1 aliphatic rings. The highest BCUT2D eigenvalue weighted by atomic mass is 16.5. The molecule has 0 amide bonds. The Morgan fingerprint density at radius 1 is 1.17 bits per heavy atom. The molecule has 0 atom stereocenters. The Hall–Kier alpha value is -2.48. The predicted octanol–water partition coefficient (Wildman–Crippen LogP) is 1.05. The topological polar surface area (TPSA) is 75.6 Å². The zero-order valence-corrected chi connectivity index (χ0v) is 13.3. The fourth-order valence-electron chi connectivity index (χ4n) is 3.07. The van der Waals surface area contributed by atoms with Crippen molar-refractivity contribution in [1.82, 2.24) is 29.6 Å². The van der Waals surface area contributed by atoms with Crippen LogP contribution in [0.15, 0.2) is 23.1 Å². The molecule has 3 aromatic heterocycles. The monoisotopic (exact) mass is 313 g/mol. The summed E-state index contributed by atoms with van der Waals surface area (Å²) in [6, 6.07) is 2.01. The molecule has 0 aliphatic carbocycles. The lowest BCUT2D eigenvalue weighted by Crippen LogP contribution is -2.46. The van der Waals surface area contributed by atoms with Crippen LogP contribution in [0.2, 0.25) is 0 Å². The van der Waals surface area contributed by atoms with E-state index in [1.807, 2.05) is 24.3 Å². The largest absolute Gasteiger partial charge is 0.361 e. The Bertz CT molecular complexity index is 797. The Labute approximate surface area is 133 Å². The summed E-state index contributed by atoms with van der Waals surface area (Å²) >= 11 is 0. The number of hydrogen-bond acceptors (Lipinski definition) is 7. The summed E-state index contributed by atoms with van der Waals surface area (Å²) in [4.78, 5) is 9.00. The molecule has 1 fully saturated rings. The number of hydrogen-bond donors (Lipinski definition) is 0. The smallest absolute Gasteiger partial charge is 0.256 e. The van der Waals surface area contributed by atoms with Gasteiger partial charge in [0.25, 0.3) is 5.78 Å². The van der Waals surface area contributed by atoms with Gasteiger partial charge in [-0.15, -0.1) is 10.2 Å². The maximum atomic E-state index is 5.26. The third kappa shape index (κ3) is 2.55. The van der Waals surface area contributed by atoms with Gasteiger partial charge in [0, 0.05) is 44.5 Å².